The van der Waals surface area contributed by atoms with Gasteiger partial charge in [0.15, 0.2) is 5.75 Å². The number of hydrogen-bond acceptors (Lipinski definition) is 8. The van der Waals surface area contributed by atoms with Crippen molar-refractivity contribution in [2.24, 2.45) is 0 Å². The lowest BCUT2D eigenvalue weighted by molar-refractivity contribution is -0.394. The van der Waals surface area contributed by atoms with Crippen LogP contribution in [0.25, 0.3) is 0 Å². The number of hydrogen-bond donors (Lipinski definition) is 0. The second-order valence-corrected chi connectivity index (χ2v) is 14.2. The van der Waals surface area contributed by atoms with Crippen LogP contribution in [0.2, 0.25) is 0 Å². The maximum absolute atomic E-state index is 11.7. The van der Waals surface area contributed by atoms with Crippen LogP contribution in [0, 0.1) is 30.3 Å². The molecule has 0 fully saturated rings. The Morgan fingerprint density at radius 3 is 1.62 bits per heavy atom. The Balaban J connectivity index is 1.30. The lowest BCUT2D eigenvalue weighted by Crippen LogP contribution is -2.33. The maximum Gasteiger partial charge on any atom is 0.317 e. The molecule has 47 heavy (non-hydrogen) atoms. The van der Waals surface area contributed by atoms with Crippen LogP contribution in [0.1, 0.15) is 18.4 Å². The molecular weight excluding hydrogens is 621 g/mol. The molecule has 0 spiro atoms. The number of nitro benzene ring substituents is 3. The van der Waals surface area contributed by atoms with E-state index in [1.54, 1.807) is 0 Å². The van der Waals surface area contributed by atoms with Gasteiger partial charge in [-0.25, -0.2) is 0 Å². The van der Waals surface area contributed by atoms with Crippen molar-refractivity contribution >= 4 is 40.2 Å². The van der Waals surface area contributed by atoms with E-state index in [9.17, 15) is 30.3 Å². The number of rotatable bonds is 15. The topological polar surface area (TPSA) is 148 Å². The Hall–Kier alpha value is -5.67. The van der Waals surface area contributed by atoms with Crippen LogP contribution in [-0.4, -0.2) is 27.5 Å². The highest BCUT2D eigenvalue weighted by atomic mass is 31.2. The van der Waals surface area contributed by atoms with Crippen LogP contribution >= 0.6 is 7.26 Å². The van der Waals surface area contributed by atoms with Gasteiger partial charge in [0.1, 0.15) is 35.5 Å². The van der Waals surface area contributed by atoms with Crippen molar-refractivity contribution in [3.05, 3.63) is 163 Å². The fourth-order valence-electron chi connectivity index (χ4n) is 5.51. The Labute approximate surface area is 271 Å². The van der Waals surface area contributed by atoms with Crippen molar-refractivity contribution in [3.63, 3.8) is 0 Å². The molecule has 5 rings (SSSR count). The molecule has 238 valence electrons. The molecule has 0 radical (unpaired) electrons. The molecule has 0 saturated heterocycles. The molecule has 0 aromatic heterocycles. The molecule has 0 bridgehead atoms. The van der Waals surface area contributed by atoms with Crippen LogP contribution in [-0.2, 0) is 6.61 Å². The largest absolute Gasteiger partial charge is 0.494 e. The highest BCUT2D eigenvalue weighted by Gasteiger charge is 2.44. The third-order valence-electron chi connectivity index (χ3n) is 7.73. The number of ether oxygens (including phenoxy) is 2. The fraction of sp³-hybridized carbons (Fsp3) is 0.143. The summed E-state index contributed by atoms with van der Waals surface area (Å²) in [5, 5.41) is 38.1. The second kappa shape index (κ2) is 15.1. The van der Waals surface area contributed by atoms with Crippen molar-refractivity contribution in [1.82, 2.24) is 0 Å². The van der Waals surface area contributed by atoms with Crippen LogP contribution in [0.4, 0.5) is 17.1 Å². The van der Waals surface area contributed by atoms with E-state index in [-0.39, 0.29) is 23.6 Å². The van der Waals surface area contributed by atoms with Crippen LogP contribution < -0.4 is 25.4 Å². The van der Waals surface area contributed by atoms with Crippen molar-refractivity contribution in [1.29, 1.82) is 0 Å². The third kappa shape index (κ3) is 7.59. The molecule has 0 saturated carbocycles. The van der Waals surface area contributed by atoms with Crippen molar-refractivity contribution in [2.75, 3.05) is 12.8 Å². The normalized spacial score (nSPS) is 11.1. The summed E-state index contributed by atoms with van der Waals surface area (Å²) in [4.78, 5) is 32.1. The van der Waals surface area contributed by atoms with Gasteiger partial charge in [0.05, 0.1) is 39.2 Å². The molecule has 0 heterocycles. The first-order valence-electron chi connectivity index (χ1n) is 14.8. The van der Waals surface area contributed by atoms with Gasteiger partial charge in [0.25, 0.3) is 11.4 Å². The lowest BCUT2D eigenvalue weighted by Gasteiger charge is -2.27. The van der Waals surface area contributed by atoms with Crippen molar-refractivity contribution in [3.8, 4) is 11.5 Å². The van der Waals surface area contributed by atoms with E-state index >= 15 is 0 Å². The van der Waals surface area contributed by atoms with Gasteiger partial charge in [-0.1, -0.05) is 54.6 Å². The van der Waals surface area contributed by atoms with Crippen LogP contribution in [0.3, 0.4) is 0 Å². The molecule has 5 aromatic rings. The quantitative estimate of drug-likeness (QED) is 0.0501. The molecular formula is C35H31N3O8P+. The van der Waals surface area contributed by atoms with Crippen molar-refractivity contribution in [2.45, 2.75) is 19.4 Å². The maximum atomic E-state index is 11.7. The number of nitrogens with zero attached hydrogens (tertiary/aromatic N) is 3. The molecule has 0 N–H and O–H groups in total. The standard InChI is InChI=1S/C35H31N3O8P/c39-36(40)28-18-21-35(34(25-28)38(43)44)46-26-27-24-29(19-20-33(27)37(41)42)45-22-10-11-23-47(30-12-4-1-5-13-30,31-14-6-2-7-15-31)32-16-8-3-9-17-32/h1-9,12-21,24-25H,10-11,22-23,26H2/q+1. The van der Waals surface area contributed by atoms with E-state index in [0.717, 1.165) is 37.2 Å². The van der Waals surface area contributed by atoms with Crippen LogP contribution in [0.15, 0.2) is 127 Å². The molecule has 0 aliphatic rings. The minimum absolute atomic E-state index is 0.141. The Kier molecular flexibility index (Phi) is 10.5. The smallest absolute Gasteiger partial charge is 0.317 e. The average molecular weight is 653 g/mol. The van der Waals surface area contributed by atoms with Gasteiger partial charge in [-0.15, -0.1) is 0 Å². The van der Waals surface area contributed by atoms with Gasteiger partial charge >= 0.3 is 5.69 Å². The predicted octanol–water partition coefficient (Wildman–Crippen LogP) is 7.14. The van der Waals surface area contributed by atoms with E-state index in [0.29, 0.717) is 12.4 Å². The Morgan fingerprint density at radius 2 is 1.11 bits per heavy atom. The zero-order chi connectivity index (χ0) is 33.2. The van der Waals surface area contributed by atoms with E-state index < -0.39 is 33.4 Å². The van der Waals surface area contributed by atoms with Gasteiger partial charge in [-0.2, -0.15) is 0 Å². The minimum atomic E-state index is -1.98. The van der Waals surface area contributed by atoms with Gasteiger partial charge in [0, 0.05) is 12.1 Å². The second-order valence-electron chi connectivity index (χ2n) is 10.6. The number of nitro groups is 3. The van der Waals surface area contributed by atoms with Gasteiger partial charge in [0.2, 0.25) is 0 Å². The van der Waals surface area contributed by atoms with E-state index in [2.05, 4.69) is 72.8 Å². The van der Waals surface area contributed by atoms with E-state index in [4.69, 9.17) is 9.47 Å². The highest BCUT2D eigenvalue weighted by molar-refractivity contribution is 7.95. The van der Waals surface area contributed by atoms with Gasteiger partial charge in [-0.3, -0.25) is 30.3 Å². The summed E-state index contributed by atoms with van der Waals surface area (Å²) >= 11 is 0. The van der Waals surface area contributed by atoms with Gasteiger partial charge in [-0.05, 0) is 67.4 Å². The SMILES string of the molecule is O=[N+]([O-])c1ccc(OCc2cc(OCCCC[P+](c3ccccc3)(c3ccccc3)c3ccccc3)ccc2[N+](=O)[O-])c([N+](=O)[O-])c1. The first-order chi connectivity index (χ1) is 22.8. The minimum Gasteiger partial charge on any atom is -0.494 e. The van der Waals surface area contributed by atoms with Crippen molar-refractivity contribution < 1.29 is 24.2 Å². The monoisotopic (exact) mass is 652 g/mol. The molecule has 0 unspecified atom stereocenters. The molecule has 0 aliphatic heterocycles. The van der Waals surface area contributed by atoms with E-state index in [1.807, 2.05) is 18.2 Å². The van der Waals surface area contributed by atoms with Gasteiger partial charge < -0.3 is 9.47 Å². The van der Waals surface area contributed by atoms with E-state index in [1.165, 1.54) is 34.1 Å². The Morgan fingerprint density at radius 1 is 0.553 bits per heavy atom. The zero-order valence-electron chi connectivity index (χ0n) is 25.2. The third-order valence-corrected chi connectivity index (χ3v) is 12.3. The number of benzene rings is 5. The summed E-state index contributed by atoms with van der Waals surface area (Å²) in [6, 6.07) is 39.0. The summed E-state index contributed by atoms with van der Waals surface area (Å²) < 4.78 is 11.6. The molecule has 0 aliphatic carbocycles. The number of non-ortho nitro benzene ring substituents is 1. The predicted molar refractivity (Wildman–Crippen MR) is 182 cm³/mol. The highest BCUT2D eigenvalue weighted by Crippen LogP contribution is 2.55. The molecule has 12 heteroatoms. The molecule has 0 atom stereocenters. The summed E-state index contributed by atoms with van der Waals surface area (Å²) in [5.74, 6) is 0.144. The first kappa shape index (κ1) is 32.7. The first-order valence-corrected chi connectivity index (χ1v) is 16.8. The summed E-state index contributed by atoms with van der Waals surface area (Å²) in [7, 11) is -1.98. The molecule has 5 aromatic carbocycles. The molecule has 0 amide bonds. The summed E-state index contributed by atoms with van der Waals surface area (Å²) in [6.45, 7) is -0.0192. The number of unbranched alkanes of at least 4 members (excludes halogenated alkanes) is 1. The van der Waals surface area contributed by atoms with Crippen LogP contribution in [0.5, 0.6) is 11.5 Å². The summed E-state index contributed by atoms with van der Waals surface area (Å²) in [5.41, 5.74) is -1.19. The fourth-order valence-corrected chi connectivity index (χ4v) is 9.92. The molecule has 11 nitrogen and oxygen atoms in total. The zero-order valence-corrected chi connectivity index (χ0v) is 26.1. The summed E-state index contributed by atoms with van der Waals surface area (Å²) in [6.07, 6.45) is 2.51. The lowest BCUT2D eigenvalue weighted by atomic mass is 10.2. The Bertz CT molecular complexity index is 1760. The average Bonchev–Trinajstić information content (AvgIpc) is 3.10.